The third-order valence-corrected chi connectivity index (χ3v) is 2.91. The van der Waals surface area contributed by atoms with Crippen LogP contribution in [0.5, 0.6) is 0 Å². The fraction of sp³-hybridized carbons (Fsp3) is 0.500. The summed E-state index contributed by atoms with van der Waals surface area (Å²) in [6, 6.07) is 2.00. The van der Waals surface area contributed by atoms with Crippen LogP contribution in [0.15, 0.2) is 16.5 Å². The number of ether oxygens (including phenoxy) is 1. The fourth-order valence-corrected chi connectivity index (χ4v) is 1.88. The maximum atomic E-state index is 12.9. The zero-order valence-corrected chi connectivity index (χ0v) is 10.7. The summed E-state index contributed by atoms with van der Waals surface area (Å²) in [6.45, 7) is -0.488. The molecule has 0 aromatic carbocycles. The molecule has 0 radical (unpaired) electrons. The second-order valence-corrected chi connectivity index (χ2v) is 4.47. The van der Waals surface area contributed by atoms with Crippen molar-refractivity contribution in [2.75, 3.05) is 13.7 Å². The van der Waals surface area contributed by atoms with Crippen LogP contribution >= 0.6 is 0 Å². The van der Waals surface area contributed by atoms with Crippen LogP contribution in [0.1, 0.15) is 22.7 Å². The number of esters is 1. The lowest BCUT2D eigenvalue weighted by Crippen LogP contribution is -2.39. The minimum atomic E-state index is -2.86. The number of hydrogen-bond acceptors (Lipinski definition) is 5. The monoisotopic (exact) mass is 288 g/mol. The van der Waals surface area contributed by atoms with Gasteiger partial charge in [-0.1, -0.05) is 0 Å². The van der Waals surface area contributed by atoms with Crippen LogP contribution in [0.2, 0.25) is 0 Å². The Kier molecular flexibility index (Phi) is 4.03. The van der Waals surface area contributed by atoms with Gasteiger partial charge in [0.15, 0.2) is 0 Å². The van der Waals surface area contributed by atoms with Gasteiger partial charge >= 0.3 is 5.97 Å². The summed E-state index contributed by atoms with van der Waals surface area (Å²) >= 11 is 0. The summed E-state index contributed by atoms with van der Waals surface area (Å²) < 4.78 is 35.5. The molecule has 1 amide bonds. The summed E-state index contributed by atoms with van der Waals surface area (Å²) in [6.07, 6.45) is -0.523. The average molecular weight is 288 g/mol. The van der Waals surface area contributed by atoms with Crippen LogP contribution < -0.4 is 10.6 Å². The van der Waals surface area contributed by atoms with Crippen molar-refractivity contribution in [1.29, 1.82) is 0 Å². The van der Waals surface area contributed by atoms with E-state index in [1.54, 1.807) is 0 Å². The molecule has 0 saturated carbocycles. The van der Waals surface area contributed by atoms with Gasteiger partial charge in [0.1, 0.15) is 5.76 Å². The highest BCUT2D eigenvalue weighted by Gasteiger charge is 2.42. The molecule has 6 nitrogen and oxygen atoms in total. The molecule has 2 N–H and O–H groups in total. The molecule has 1 fully saturated rings. The maximum absolute atomic E-state index is 12.9. The number of nitrogens with one attached hydrogen (secondary N) is 2. The minimum Gasteiger partial charge on any atom is -0.463 e. The SMILES string of the molecule is COC(=O)c1ccc(CNC(=O)C2CC(F)(F)CN2)o1. The van der Waals surface area contributed by atoms with Crippen molar-refractivity contribution in [3.63, 3.8) is 0 Å². The number of carbonyl (C=O) groups is 2. The number of amides is 1. The van der Waals surface area contributed by atoms with Crippen LogP contribution in [-0.4, -0.2) is 37.5 Å². The number of halogens is 2. The summed E-state index contributed by atoms with van der Waals surface area (Å²) in [5, 5.41) is 4.92. The molecule has 1 aliphatic heterocycles. The van der Waals surface area contributed by atoms with Crippen molar-refractivity contribution in [3.8, 4) is 0 Å². The van der Waals surface area contributed by atoms with E-state index >= 15 is 0 Å². The van der Waals surface area contributed by atoms with E-state index in [9.17, 15) is 18.4 Å². The second kappa shape index (κ2) is 5.58. The van der Waals surface area contributed by atoms with E-state index in [1.807, 2.05) is 0 Å². The molecule has 20 heavy (non-hydrogen) atoms. The van der Waals surface area contributed by atoms with Crippen molar-refractivity contribution in [2.45, 2.75) is 24.9 Å². The first-order valence-corrected chi connectivity index (χ1v) is 5.97. The lowest BCUT2D eigenvalue weighted by atomic mass is 10.2. The number of alkyl halides is 2. The van der Waals surface area contributed by atoms with Crippen LogP contribution in [0.4, 0.5) is 8.78 Å². The molecule has 110 valence electrons. The zero-order chi connectivity index (χ0) is 14.8. The lowest BCUT2D eigenvalue weighted by molar-refractivity contribution is -0.123. The van der Waals surface area contributed by atoms with Gasteiger partial charge in [0.2, 0.25) is 11.7 Å². The van der Waals surface area contributed by atoms with Gasteiger partial charge in [-0.25, -0.2) is 13.6 Å². The molecule has 2 heterocycles. The average Bonchev–Trinajstić information content (AvgIpc) is 3.01. The number of rotatable bonds is 4. The van der Waals surface area contributed by atoms with Crippen LogP contribution in [0.25, 0.3) is 0 Å². The maximum Gasteiger partial charge on any atom is 0.373 e. The Morgan fingerprint density at radius 3 is 2.90 bits per heavy atom. The zero-order valence-electron chi connectivity index (χ0n) is 10.7. The number of furan rings is 1. The molecule has 0 spiro atoms. The van der Waals surface area contributed by atoms with Crippen molar-refractivity contribution in [2.24, 2.45) is 0 Å². The second-order valence-electron chi connectivity index (χ2n) is 4.47. The summed E-state index contributed by atoms with van der Waals surface area (Å²) in [4.78, 5) is 22.8. The molecule has 1 aromatic heterocycles. The summed E-state index contributed by atoms with van der Waals surface area (Å²) in [5.74, 6) is -3.66. The van der Waals surface area contributed by atoms with E-state index in [4.69, 9.17) is 4.42 Å². The van der Waals surface area contributed by atoms with Gasteiger partial charge in [0, 0.05) is 6.42 Å². The largest absolute Gasteiger partial charge is 0.463 e. The topological polar surface area (TPSA) is 80.6 Å². The molecular weight excluding hydrogens is 274 g/mol. The van der Waals surface area contributed by atoms with E-state index < -0.39 is 36.8 Å². The highest BCUT2D eigenvalue weighted by atomic mass is 19.3. The van der Waals surface area contributed by atoms with Gasteiger partial charge in [0.05, 0.1) is 26.2 Å². The predicted molar refractivity (Wildman–Crippen MR) is 63.2 cm³/mol. The van der Waals surface area contributed by atoms with Crippen molar-refractivity contribution >= 4 is 11.9 Å². The molecule has 0 bridgehead atoms. The van der Waals surface area contributed by atoms with Gasteiger partial charge in [0.25, 0.3) is 5.92 Å². The highest BCUT2D eigenvalue weighted by Crippen LogP contribution is 2.25. The van der Waals surface area contributed by atoms with Crippen LogP contribution in [-0.2, 0) is 16.1 Å². The normalized spacial score (nSPS) is 20.6. The first kappa shape index (κ1) is 14.4. The Morgan fingerprint density at radius 2 is 2.30 bits per heavy atom. The van der Waals surface area contributed by atoms with E-state index in [0.717, 1.165) is 0 Å². The van der Waals surface area contributed by atoms with Crippen molar-refractivity contribution in [1.82, 2.24) is 10.6 Å². The summed E-state index contributed by atoms with van der Waals surface area (Å²) in [5.41, 5.74) is 0. The smallest absolute Gasteiger partial charge is 0.373 e. The molecule has 2 rings (SSSR count). The fourth-order valence-electron chi connectivity index (χ4n) is 1.88. The first-order valence-electron chi connectivity index (χ1n) is 5.97. The third kappa shape index (κ3) is 3.32. The Balaban J connectivity index is 1.85. The van der Waals surface area contributed by atoms with Gasteiger partial charge in [-0.2, -0.15) is 0 Å². The van der Waals surface area contributed by atoms with Gasteiger partial charge in [-0.3, -0.25) is 10.1 Å². The molecule has 1 unspecified atom stereocenters. The quantitative estimate of drug-likeness (QED) is 0.796. The molecule has 1 atom stereocenters. The Hall–Kier alpha value is -1.96. The Morgan fingerprint density at radius 1 is 1.55 bits per heavy atom. The lowest BCUT2D eigenvalue weighted by Gasteiger charge is -2.10. The van der Waals surface area contributed by atoms with Crippen molar-refractivity contribution < 1.29 is 27.5 Å². The van der Waals surface area contributed by atoms with Crippen LogP contribution in [0.3, 0.4) is 0 Å². The van der Waals surface area contributed by atoms with Crippen molar-refractivity contribution in [3.05, 3.63) is 23.7 Å². The van der Waals surface area contributed by atoms with E-state index in [-0.39, 0.29) is 12.3 Å². The number of hydrogen-bond donors (Lipinski definition) is 2. The van der Waals surface area contributed by atoms with Crippen LogP contribution in [0, 0.1) is 0 Å². The Bertz CT molecular complexity index is 515. The standard InChI is InChI=1S/C12H14F2N2O4/c1-19-11(18)9-3-2-7(20-9)5-15-10(17)8-4-12(13,14)6-16-8/h2-3,8,16H,4-6H2,1H3,(H,15,17). The Labute approximate surface area is 113 Å². The van der Waals surface area contributed by atoms with E-state index in [0.29, 0.717) is 5.76 Å². The predicted octanol–water partition coefficient (Wildman–Crippen LogP) is 0.680. The van der Waals surface area contributed by atoms with Gasteiger partial charge in [-0.05, 0) is 12.1 Å². The molecule has 8 heteroatoms. The summed E-state index contributed by atoms with van der Waals surface area (Å²) in [7, 11) is 1.22. The number of methoxy groups -OCH3 is 1. The molecular formula is C12H14F2N2O4. The highest BCUT2D eigenvalue weighted by molar-refractivity contribution is 5.86. The third-order valence-electron chi connectivity index (χ3n) is 2.91. The molecule has 1 saturated heterocycles. The van der Waals surface area contributed by atoms with E-state index in [1.165, 1.54) is 19.2 Å². The molecule has 1 aliphatic rings. The first-order chi connectivity index (χ1) is 9.41. The van der Waals surface area contributed by atoms with Gasteiger partial charge in [-0.15, -0.1) is 0 Å². The van der Waals surface area contributed by atoms with Gasteiger partial charge < -0.3 is 14.5 Å². The molecule has 0 aliphatic carbocycles. The minimum absolute atomic E-state index is 0.0135. The van der Waals surface area contributed by atoms with E-state index in [2.05, 4.69) is 15.4 Å². The number of carbonyl (C=O) groups excluding carboxylic acids is 2. The molecule has 1 aromatic rings.